The molecule has 3 aromatic rings. The number of cyclic esters (lactones) is 1. The zero-order chi connectivity index (χ0) is 60.8. The SMILES string of the molecule is CC[C@H]1OC(=O)[C@H](C)[C@@H](O[C@H]2C[C@@](C)(OC)[C@@H](O)[C@H](C)O2)[C@H](C)[C@@H](O[C@@H]2O[C@H](C)C[C@H](N(C)C)[C@H]2O)[C@](C)(O)C[C@@H](C)CN(C(=O)CCCCCCCCCCCc2cccc(P(c3ccccc3)c3ccccc3)c2)[C@H](C)[C@@H](O)[C@]1(C)O. The van der Waals surface area contributed by atoms with Crippen molar-refractivity contribution in [3.63, 3.8) is 0 Å². The normalized spacial score (nSPS) is 35.2. The Balaban J connectivity index is 1.11. The van der Waals surface area contributed by atoms with Crippen LogP contribution in [0.25, 0.3) is 0 Å². The summed E-state index contributed by atoms with van der Waals surface area (Å²) in [5.41, 5.74) is -3.40. The summed E-state index contributed by atoms with van der Waals surface area (Å²) in [7, 11) is 4.63. The minimum absolute atomic E-state index is 0.0757. The number of hydrogen-bond donors (Lipinski definition) is 5. The molecule has 3 aromatic carbocycles. The lowest BCUT2D eigenvalue weighted by molar-refractivity contribution is -0.318. The topological polar surface area (TPSA) is 197 Å². The smallest absolute Gasteiger partial charge is 0.311 e. The van der Waals surface area contributed by atoms with Gasteiger partial charge in [-0.3, -0.25) is 9.59 Å². The van der Waals surface area contributed by atoms with E-state index in [1.807, 2.05) is 32.8 Å². The second kappa shape index (κ2) is 31.5. The van der Waals surface area contributed by atoms with Crippen molar-refractivity contribution in [3.05, 3.63) is 90.5 Å². The van der Waals surface area contributed by atoms with Gasteiger partial charge in [0, 0.05) is 38.5 Å². The van der Waals surface area contributed by atoms with Gasteiger partial charge in [0.05, 0.1) is 47.6 Å². The number of aliphatic hydroxyl groups is 5. The first-order valence-electron chi connectivity index (χ1n) is 31.1. The van der Waals surface area contributed by atoms with Crippen molar-refractivity contribution >= 4 is 35.7 Å². The number of benzene rings is 3. The lowest BCUT2D eigenvalue weighted by Crippen LogP contribution is -2.60. The van der Waals surface area contributed by atoms with Gasteiger partial charge in [0.1, 0.15) is 30.0 Å². The minimum Gasteiger partial charge on any atom is -0.459 e. The molecular formula is C67H105N2O13P. The molecule has 0 radical (unpaired) electrons. The Hall–Kier alpha value is -3.41. The van der Waals surface area contributed by atoms with Gasteiger partial charge in [-0.1, -0.05) is 151 Å². The van der Waals surface area contributed by atoms with E-state index in [1.165, 1.54) is 54.8 Å². The van der Waals surface area contributed by atoms with Crippen molar-refractivity contribution in [2.24, 2.45) is 17.8 Å². The van der Waals surface area contributed by atoms with E-state index in [2.05, 4.69) is 84.9 Å². The molecule has 0 saturated carbocycles. The first kappa shape index (κ1) is 68.7. The molecular weight excluding hydrogens is 1070 g/mol. The number of rotatable bonds is 22. The molecule has 0 aromatic heterocycles. The van der Waals surface area contributed by atoms with Gasteiger partial charge in [-0.25, -0.2) is 0 Å². The Morgan fingerprint density at radius 2 is 1.33 bits per heavy atom. The third-order valence-electron chi connectivity index (χ3n) is 18.3. The second-order valence-corrected chi connectivity index (χ2v) is 27.9. The van der Waals surface area contributed by atoms with Gasteiger partial charge in [0.25, 0.3) is 0 Å². The van der Waals surface area contributed by atoms with Crippen molar-refractivity contribution in [1.29, 1.82) is 0 Å². The van der Waals surface area contributed by atoms with Crippen molar-refractivity contribution < 1.29 is 63.5 Å². The van der Waals surface area contributed by atoms with Crippen LogP contribution >= 0.6 is 7.92 Å². The molecule has 3 aliphatic rings. The predicted molar refractivity (Wildman–Crippen MR) is 328 cm³/mol. The minimum atomic E-state index is -2.00. The van der Waals surface area contributed by atoms with Crippen LogP contribution < -0.4 is 15.9 Å². The molecule has 0 spiro atoms. The van der Waals surface area contributed by atoms with Gasteiger partial charge in [-0.2, -0.15) is 0 Å². The van der Waals surface area contributed by atoms with Crippen LogP contribution in [0.5, 0.6) is 0 Å². The van der Waals surface area contributed by atoms with E-state index >= 15 is 0 Å². The summed E-state index contributed by atoms with van der Waals surface area (Å²) in [5.74, 6) is -3.25. The lowest BCUT2D eigenvalue weighted by atomic mass is 9.77. The average Bonchev–Trinajstić information content (AvgIpc) is 3.60. The fraction of sp³-hybridized carbons (Fsp3) is 0.701. The average molecular weight is 1180 g/mol. The number of amides is 1. The molecule has 466 valence electrons. The Morgan fingerprint density at radius 3 is 1.90 bits per heavy atom. The van der Waals surface area contributed by atoms with E-state index < -0.39 is 110 Å². The quantitative estimate of drug-likeness (QED) is 0.0364. The molecule has 0 unspecified atom stereocenters. The zero-order valence-electron chi connectivity index (χ0n) is 52.4. The van der Waals surface area contributed by atoms with Crippen molar-refractivity contribution in [2.75, 3.05) is 27.7 Å². The van der Waals surface area contributed by atoms with Crippen LogP contribution in [-0.4, -0.2) is 165 Å². The maximum atomic E-state index is 14.7. The molecule has 18 atom stereocenters. The zero-order valence-corrected chi connectivity index (χ0v) is 53.3. The number of methoxy groups -OCH3 is 1. The molecule has 3 aliphatic heterocycles. The van der Waals surface area contributed by atoms with Gasteiger partial charge < -0.3 is 63.8 Å². The third-order valence-corrected chi connectivity index (χ3v) is 20.7. The van der Waals surface area contributed by atoms with Crippen LogP contribution in [0.3, 0.4) is 0 Å². The molecule has 0 aliphatic carbocycles. The highest BCUT2D eigenvalue weighted by Crippen LogP contribution is 2.41. The Morgan fingerprint density at radius 1 is 0.747 bits per heavy atom. The summed E-state index contributed by atoms with van der Waals surface area (Å²) < 4.78 is 38.3. The number of hydrogen-bond acceptors (Lipinski definition) is 14. The highest BCUT2D eigenvalue weighted by atomic mass is 31.1. The van der Waals surface area contributed by atoms with Crippen LogP contribution in [0.2, 0.25) is 0 Å². The van der Waals surface area contributed by atoms with Crippen LogP contribution in [0, 0.1) is 17.8 Å². The first-order chi connectivity index (χ1) is 39.3. The van der Waals surface area contributed by atoms with Crippen molar-refractivity contribution in [1.82, 2.24) is 9.80 Å². The maximum Gasteiger partial charge on any atom is 0.311 e. The number of ether oxygens (including phenoxy) is 6. The molecule has 1 amide bonds. The van der Waals surface area contributed by atoms with E-state index in [0.29, 0.717) is 12.8 Å². The van der Waals surface area contributed by atoms with Gasteiger partial charge in [0.15, 0.2) is 12.6 Å². The molecule has 15 nitrogen and oxygen atoms in total. The molecule has 3 saturated heterocycles. The molecule has 5 N–H and O–H groups in total. The molecule has 3 fully saturated rings. The summed E-state index contributed by atoms with van der Waals surface area (Å²) in [5, 5.41) is 64.5. The van der Waals surface area contributed by atoms with Crippen molar-refractivity contribution in [2.45, 2.75) is 256 Å². The van der Waals surface area contributed by atoms with E-state index in [9.17, 15) is 35.1 Å². The first-order valence-corrected chi connectivity index (χ1v) is 32.5. The fourth-order valence-corrected chi connectivity index (χ4v) is 15.6. The van der Waals surface area contributed by atoms with Crippen LogP contribution in [-0.2, 0) is 44.4 Å². The highest BCUT2D eigenvalue weighted by molar-refractivity contribution is 7.79. The Labute approximate surface area is 498 Å². The number of likely N-dealkylation sites (N-methyl/N-ethyl adjacent to an activating group) is 1. The number of carbonyl (C=O) groups is 2. The Kier molecular flexibility index (Phi) is 26.1. The van der Waals surface area contributed by atoms with Crippen LogP contribution in [0.1, 0.15) is 165 Å². The molecule has 3 heterocycles. The van der Waals surface area contributed by atoms with Crippen LogP contribution in [0.15, 0.2) is 84.9 Å². The number of esters is 1. The highest BCUT2D eigenvalue weighted by Gasteiger charge is 2.53. The summed E-state index contributed by atoms with van der Waals surface area (Å²) in [6, 6.07) is 29.6. The standard InChI is InChI=1S/C67H105N2O13P/c1-14-55-67(10,76)60(72)48(6)69(56(70)38-29-21-19-17-15-16-18-20-24-31-50-32-30-37-53(40-50)83(51-33-25-22-26-34-51)52-35-27-23-28-36-52)43-44(2)41-65(8,75)62(82-64-58(71)54(68(11)12)39-45(3)78-64)46(4)59(47(5)63(74)80-55)81-57-42-66(9,77-13)61(73)49(7)79-57/h22-23,25-28,30,32-37,40,44-49,54-55,57-62,64,71-73,75-76H,14-21,24,29,31,38-39,41-43H2,1-13H3/t44-,45-,46+,47-,48-,49+,54+,55-,57+,58-,59+,60-,61+,62-,64+,65-,66-,67-/m1/s1. The van der Waals surface area contributed by atoms with E-state index in [1.54, 1.807) is 53.4 Å². The number of nitrogens with zero attached hydrogens (tertiary/aromatic N) is 2. The molecule has 6 rings (SSSR count). The Bertz CT molecular complexity index is 2380. The van der Waals surface area contributed by atoms with E-state index in [0.717, 1.165) is 38.5 Å². The number of unbranched alkanes of at least 4 members (excludes halogenated alkanes) is 8. The monoisotopic (exact) mass is 1180 g/mol. The number of aryl methyl sites for hydroxylation is 1. The van der Waals surface area contributed by atoms with Gasteiger partial charge in [-0.05, 0) is 136 Å². The molecule has 83 heavy (non-hydrogen) atoms. The summed E-state index contributed by atoms with van der Waals surface area (Å²) in [4.78, 5) is 32.8. The molecule has 16 heteroatoms. The second-order valence-electron chi connectivity index (χ2n) is 25.6. The largest absolute Gasteiger partial charge is 0.459 e. The summed E-state index contributed by atoms with van der Waals surface area (Å²) >= 11 is 0. The molecule has 0 bridgehead atoms. The van der Waals surface area contributed by atoms with Gasteiger partial charge in [0.2, 0.25) is 5.91 Å². The summed E-state index contributed by atoms with van der Waals surface area (Å²) in [6.07, 6.45) is 1.24. The third kappa shape index (κ3) is 18.1. The van der Waals surface area contributed by atoms with Crippen molar-refractivity contribution in [3.8, 4) is 0 Å². The maximum absolute atomic E-state index is 14.7. The summed E-state index contributed by atoms with van der Waals surface area (Å²) in [6.45, 7) is 17.4. The van der Waals surface area contributed by atoms with Gasteiger partial charge >= 0.3 is 5.97 Å². The number of carbonyl (C=O) groups excluding carboxylic acids is 2. The van der Waals surface area contributed by atoms with E-state index in [4.69, 9.17) is 28.4 Å². The lowest BCUT2D eigenvalue weighted by Gasteiger charge is -2.48. The van der Waals surface area contributed by atoms with Crippen LogP contribution in [0.4, 0.5) is 0 Å². The van der Waals surface area contributed by atoms with Gasteiger partial charge in [-0.15, -0.1) is 0 Å². The predicted octanol–water partition coefficient (Wildman–Crippen LogP) is 8.70. The fourth-order valence-electron chi connectivity index (χ4n) is 13.3. The number of aliphatic hydroxyl groups excluding tert-OH is 3. The van der Waals surface area contributed by atoms with E-state index in [-0.39, 0.29) is 50.3 Å².